The number of hydrogen-bond donors (Lipinski definition) is 0. The Morgan fingerprint density at radius 2 is 0.893 bits per heavy atom. The maximum atomic E-state index is 4.50. The third-order valence-corrected chi connectivity index (χ3v) is 4.37. The van der Waals surface area contributed by atoms with E-state index in [0.29, 0.717) is 0 Å². The van der Waals surface area contributed by atoms with E-state index in [9.17, 15) is 0 Å². The molecular formula is C22H32N6. The monoisotopic (exact) mass is 380 g/mol. The summed E-state index contributed by atoms with van der Waals surface area (Å²) in [6, 6.07) is 16.7. The van der Waals surface area contributed by atoms with Gasteiger partial charge in [-0.3, -0.25) is 10.0 Å². The summed E-state index contributed by atoms with van der Waals surface area (Å²) in [7, 11) is 12.1. The van der Waals surface area contributed by atoms with E-state index in [-0.39, 0.29) is 0 Å². The summed E-state index contributed by atoms with van der Waals surface area (Å²) in [6.45, 7) is 1.58. The second kappa shape index (κ2) is 10.3. The van der Waals surface area contributed by atoms with Crippen molar-refractivity contribution in [3.05, 3.63) is 59.7 Å². The van der Waals surface area contributed by atoms with Crippen LogP contribution in [0.2, 0.25) is 0 Å². The van der Waals surface area contributed by atoms with E-state index in [0.717, 1.165) is 24.2 Å². The fraction of sp³-hybridized carbons (Fsp3) is 0.364. The third-order valence-electron chi connectivity index (χ3n) is 4.37. The first-order chi connectivity index (χ1) is 13.3. The quantitative estimate of drug-likeness (QED) is 0.495. The largest absolute Gasteiger partial charge is 0.378 e. The van der Waals surface area contributed by atoms with Gasteiger partial charge in [-0.2, -0.15) is 10.2 Å². The molecule has 0 aliphatic heterocycles. The summed E-state index contributed by atoms with van der Waals surface area (Å²) in [5.41, 5.74) is 4.54. The Labute approximate surface area is 169 Å². The van der Waals surface area contributed by atoms with Gasteiger partial charge in [0, 0.05) is 53.7 Å². The van der Waals surface area contributed by atoms with Crippen molar-refractivity contribution in [2.45, 2.75) is 0 Å². The molecule has 6 nitrogen and oxygen atoms in total. The number of hydrazone groups is 2. The average molecular weight is 381 g/mol. The van der Waals surface area contributed by atoms with Crippen molar-refractivity contribution >= 4 is 23.8 Å². The number of rotatable bonds is 9. The lowest BCUT2D eigenvalue weighted by Gasteiger charge is -2.18. The molecule has 0 unspecified atom stereocenters. The van der Waals surface area contributed by atoms with Crippen LogP contribution in [0.4, 0.5) is 11.4 Å². The molecule has 0 saturated heterocycles. The first-order valence-corrected chi connectivity index (χ1v) is 9.40. The number of hydrogen-bond acceptors (Lipinski definition) is 6. The molecule has 28 heavy (non-hydrogen) atoms. The third kappa shape index (κ3) is 6.95. The van der Waals surface area contributed by atoms with Gasteiger partial charge in [-0.1, -0.05) is 24.3 Å². The van der Waals surface area contributed by atoms with Gasteiger partial charge in [-0.15, -0.1) is 0 Å². The minimum atomic E-state index is 0.791. The molecule has 0 N–H and O–H groups in total. The predicted octanol–water partition coefficient (Wildman–Crippen LogP) is 3.05. The van der Waals surface area contributed by atoms with Gasteiger partial charge in [0.05, 0.1) is 25.5 Å². The highest BCUT2D eigenvalue weighted by atomic mass is 15.5. The zero-order chi connectivity index (χ0) is 20.5. The highest BCUT2D eigenvalue weighted by Gasteiger charge is 1.99. The van der Waals surface area contributed by atoms with Gasteiger partial charge in [0.15, 0.2) is 0 Å². The van der Waals surface area contributed by atoms with Gasteiger partial charge in [-0.05, 0) is 35.4 Å². The minimum Gasteiger partial charge on any atom is -0.378 e. The SMILES string of the molecule is CN(CCN(C)/N=C/c1ccc(N(C)C)cc1)/N=C/c1ccc(N(C)C)cc1. The topological polar surface area (TPSA) is 37.7 Å². The lowest BCUT2D eigenvalue weighted by atomic mass is 10.2. The Bertz CT molecular complexity index is 695. The van der Waals surface area contributed by atoms with Crippen LogP contribution in [-0.2, 0) is 0 Å². The molecule has 0 spiro atoms. The van der Waals surface area contributed by atoms with Gasteiger partial charge in [-0.25, -0.2) is 0 Å². The zero-order valence-corrected chi connectivity index (χ0v) is 17.9. The molecule has 0 heterocycles. The zero-order valence-electron chi connectivity index (χ0n) is 17.9. The fourth-order valence-corrected chi connectivity index (χ4v) is 2.45. The Morgan fingerprint density at radius 1 is 0.571 bits per heavy atom. The summed E-state index contributed by atoms with van der Waals surface area (Å²) >= 11 is 0. The molecule has 0 aliphatic carbocycles. The summed E-state index contributed by atoms with van der Waals surface area (Å²) in [6.07, 6.45) is 3.77. The minimum absolute atomic E-state index is 0.791. The van der Waals surface area contributed by atoms with E-state index in [2.05, 4.69) is 68.5 Å². The van der Waals surface area contributed by atoms with E-state index in [1.165, 1.54) is 11.4 Å². The van der Waals surface area contributed by atoms with Crippen molar-refractivity contribution in [2.75, 3.05) is 65.2 Å². The van der Waals surface area contributed by atoms with Gasteiger partial charge in [0.2, 0.25) is 0 Å². The van der Waals surface area contributed by atoms with Crippen LogP contribution >= 0.6 is 0 Å². The number of benzene rings is 2. The number of likely N-dealkylation sites (N-methyl/N-ethyl adjacent to an activating group) is 2. The van der Waals surface area contributed by atoms with Crippen LogP contribution in [0.25, 0.3) is 0 Å². The molecule has 2 aromatic carbocycles. The van der Waals surface area contributed by atoms with Crippen LogP contribution in [0.1, 0.15) is 11.1 Å². The first kappa shape index (κ1) is 21.3. The molecule has 0 aliphatic rings. The molecule has 0 aromatic heterocycles. The van der Waals surface area contributed by atoms with Crippen LogP contribution < -0.4 is 9.80 Å². The van der Waals surface area contributed by atoms with E-state index in [1.54, 1.807) is 0 Å². The molecule has 0 fully saturated rings. The summed E-state index contributed by atoms with van der Waals surface area (Å²) in [5.74, 6) is 0. The van der Waals surface area contributed by atoms with Crippen LogP contribution in [-0.4, -0.2) is 77.8 Å². The van der Waals surface area contributed by atoms with Crippen LogP contribution in [0.15, 0.2) is 58.7 Å². The van der Waals surface area contributed by atoms with Crippen LogP contribution in [0, 0.1) is 0 Å². The maximum Gasteiger partial charge on any atom is 0.0549 e. The second-order valence-electron chi connectivity index (χ2n) is 7.22. The maximum absolute atomic E-state index is 4.50. The Balaban J connectivity index is 1.78. The van der Waals surface area contributed by atoms with Crippen molar-refractivity contribution in [1.82, 2.24) is 10.0 Å². The highest BCUT2D eigenvalue weighted by molar-refractivity contribution is 5.80. The van der Waals surface area contributed by atoms with Crippen LogP contribution in [0.5, 0.6) is 0 Å². The first-order valence-electron chi connectivity index (χ1n) is 9.40. The fourth-order valence-electron chi connectivity index (χ4n) is 2.45. The molecule has 6 heteroatoms. The molecular weight excluding hydrogens is 348 g/mol. The van der Waals surface area contributed by atoms with E-state index < -0.39 is 0 Å². The van der Waals surface area contributed by atoms with Gasteiger partial charge in [0.1, 0.15) is 0 Å². The Kier molecular flexibility index (Phi) is 7.87. The average Bonchev–Trinajstić information content (AvgIpc) is 2.69. The molecule has 0 atom stereocenters. The molecule has 0 bridgehead atoms. The summed E-state index contributed by atoms with van der Waals surface area (Å²) in [5, 5.41) is 12.9. The lowest BCUT2D eigenvalue weighted by molar-refractivity contribution is 0.272. The van der Waals surface area contributed by atoms with Crippen LogP contribution in [0.3, 0.4) is 0 Å². The molecule has 0 amide bonds. The van der Waals surface area contributed by atoms with Crippen molar-refractivity contribution in [3.8, 4) is 0 Å². The summed E-state index contributed by atoms with van der Waals surface area (Å²) in [4.78, 5) is 4.17. The van der Waals surface area contributed by atoms with Gasteiger partial charge >= 0.3 is 0 Å². The standard InChI is InChI=1S/C22H32N6/c1-25(2)21-11-7-19(8-12-21)17-23-27(5)15-16-28(6)24-18-20-9-13-22(14-10-20)26(3)4/h7-14,17-18H,15-16H2,1-6H3/b23-17+,24-18+. The highest BCUT2D eigenvalue weighted by Crippen LogP contribution is 2.12. The van der Waals surface area contributed by atoms with Crippen molar-refractivity contribution in [2.24, 2.45) is 10.2 Å². The molecule has 2 rings (SSSR count). The molecule has 0 saturated carbocycles. The van der Waals surface area contributed by atoms with Gasteiger partial charge < -0.3 is 9.80 Å². The van der Waals surface area contributed by atoms with E-state index in [4.69, 9.17) is 0 Å². The number of nitrogens with zero attached hydrogens (tertiary/aromatic N) is 6. The second-order valence-corrected chi connectivity index (χ2v) is 7.22. The Hall–Kier alpha value is -3.02. The van der Waals surface area contributed by atoms with E-state index >= 15 is 0 Å². The normalized spacial score (nSPS) is 11.2. The molecule has 0 radical (unpaired) electrons. The summed E-state index contributed by atoms with van der Waals surface area (Å²) < 4.78 is 0. The lowest BCUT2D eigenvalue weighted by Crippen LogP contribution is -2.25. The molecule has 2 aromatic rings. The number of anilines is 2. The van der Waals surface area contributed by atoms with E-state index in [1.807, 2.05) is 64.7 Å². The van der Waals surface area contributed by atoms with Crippen molar-refractivity contribution in [3.63, 3.8) is 0 Å². The molecule has 150 valence electrons. The smallest absolute Gasteiger partial charge is 0.0549 e. The Morgan fingerprint density at radius 3 is 1.18 bits per heavy atom. The van der Waals surface area contributed by atoms with Crippen molar-refractivity contribution < 1.29 is 0 Å². The predicted molar refractivity (Wildman–Crippen MR) is 122 cm³/mol. The van der Waals surface area contributed by atoms with Crippen molar-refractivity contribution in [1.29, 1.82) is 0 Å². The van der Waals surface area contributed by atoms with Gasteiger partial charge in [0.25, 0.3) is 0 Å².